The zero-order valence-electron chi connectivity index (χ0n) is 7.69. The van der Waals surface area contributed by atoms with E-state index in [1.807, 2.05) is 0 Å². The van der Waals surface area contributed by atoms with Gasteiger partial charge in [0, 0.05) is 6.04 Å². The zero-order chi connectivity index (χ0) is 8.27. The Hall–Kier alpha value is -0.300. The molecule has 1 rings (SSSR count). The summed E-state index contributed by atoms with van der Waals surface area (Å²) in [5, 5.41) is 0. The Balaban J connectivity index is 2.54. The van der Waals surface area contributed by atoms with E-state index >= 15 is 0 Å². The molecule has 0 saturated carbocycles. The van der Waals surface area contributed by atoms with Crippen molar-refractivity contribution >= 4 is 0 Å². The minimum absolute atomic E-state index is 0.457. The highest BCUT2D eigenvalue weighted by molar-refractivity contribution is 5.10. The third-order valence-corrected chi connectivity index (χ3v) is 2.75. The second kappa shape index (κ2) is 3.91. The smallest absolute Gasteiger partial charge is 0.00419 e. The number of allylic oxidation sites excluding steroid dienone is 2. The van der Waals surface area contributed by atoms with Crippen LogP contribution in [-0.2, 0) is 0 Å². The van der Waals surface area contributed by atoms with Gasteiger partial charge in [-0.25, -0.2) is 0 Å². The zero-order valence-corrected chi connectivity index (χ0v) is 7.69. The van der Waals surface area contributed by atoms with Gasteiger partial charge in [0.15, 0.2) is 0 Å². The molecular weight excluding hydrogens is 134 g/mol. The van der Waals surface area contributed by atoms with Crippen molar-refractivity contribution in [3.05, 3.63) is 11.1 Å². The maximum absolute atomic E-state index is 5.89. The van der Waals surface area contributed by atoms with Gasteiger partial charge in [-0.2, -0.15) is 0 Å². The van der Waals surface area contributed by atoms with E-state index in [0.717, 1.165) is 0 Å². The first-order valence-corrected chi connectivity index (χ1v) is 4.61. The Labute approximate surface area is 69.7 Å². The maximum Gasteiger partial charge on any atom is 0.00419 e. The molecule has 0 fully saturated rings. The van der Waals surface area contributed by atoms with Crippen LogP contribution < -0.4 is 5.73 Å². The minimum Gasteiger partial charge on any atom is -0.328 e. The van der Waals surface area contributed by atoms with Gasteiger partial charge < -0.3 is 5.73 Å². The Bertz CT molecular complexity index is 158. The van der Waals surface area contributed by atoms with E-state index in [1.54, 1.807) is 11.1 Å². The quantitative estimate of drug-likeness (QED) is 0.532. The number of rotatable bonds is 0. The summed E-state index contributed by atoms with van der Waals surface area (Å²) in [4.78, 5) is 0. The summed E-state index contributed by atoms with van der Waals surface area (Å²) >= 11 is 0. The van der Waals surface area contributed by atoms with Crippen molar-refractivity contribution < 1.29 is 0 Å². The van der Waals surface area contributed by atoms with Gasteiger partial charge in [-0.15, -0.1) is 0 Å². The molecule has 0 aromatic carbocycles. The molecule has 0 radical (unpaired) electrons. The molecule has 0 amide bonds. The van der Waals surface area contributed by atoms with Crippen molar-refractivity contribution in [1.82, 2.24) is 0 Å². The maximum atomic E-state index is 5.89. The van der Waals surface area contributed by atoms with E-state index in [1.165, 1.54) is 32.1 Å². The summed E-state index contributed by atoms with van der Waals surface area (Å²) in [6.07, 6.45) is 6.16. The first-order chi connectivity index (χ1) is 5.20. The van der Waals surface area contributed by atoms with E-state index in [9.17, 15) is 0 Å². The van der Waals surface area contributed by atoms with Gasteiger partial charge in [-0.1, -0.05) is 11.1 Å². The summed E-state index contributed by atoms with van der Waals surface area (Å²) in [6.45, 7) is 4.50. The summed E-state index contributed by atoms with van der Waals surface area (Å²) in [5.41, 5.74) is 9.05. The molecule has 11 heavy (non-hydrogen) atoms. The lowest BCUT2D eigenvalue weighted by molar-refractivity contribution is 0.527. The van der Waals surface area contributed by atoms with E-state index < -0.39 is 0 Å². The molecule has 1 aliphatic rings. The van der Waals surface area contributed by atoms with Crippen molar-refractivity contribution in [1.29, 1.82) is 0 Å². The Morgan fingerprint density at radius 1 is 1.09 bits per heavy atom. The Morgan fingerprint density at radius 3 is 2.45 bits per heavy atom. The molecule has 0 aromatic heterocycles. The van der Waals surface area contributed by atoms with Gasteiger partial charge in [-0.3, -0.25) is 0 Å². The van der Waals surface area contributed by atoms with Crippen LogP contribution in [0.3, 0.4) is 0 Å². The van der Waals surface area contributed by atoms with E-state index in [2.05, 4.69) is 13.8 Å². The molecule has 2 N–H and O–H groups in total. The van der Waals surface area contributed by atoms with Crippen LogP contribution >= 0.6 is 0 Å². The minimum atomic E-state index is 0.457. The van der Waals surface area contributed by atoms with Crippen molar-refractivity contribution in [2.75, 3.05) is 0 Å². The predicted molar refractivity (Wildman–Crippen MR) is 49.4 cm³/mol. The molecule has 1 atom stereocenters. The highest BCUT2D eigenvalue weighted by atomic mass is 14.6. The summed E-state index contributed by atoms with van der Waals surface area (Å²) in [6, 6.07) is 0.457. The lowest BCUT2D eigenvalue weighted by atomic mass is 9.93. The molecule has 0 spiro atoms. The fourth-order valence-electron chi connectivity index (χ4n) is 1.60. The third kappa shape index (κ3) is 2.66. The number of nitrogens with two attached hydrogens (primary N) is 1. The van der Waals surface area contributed by atoms with Crippen LogP contribution in [0.1, 0.15) is 46.0 Å². The molecule has 0 aliphatic heterocycles. The van der Waals surface area contributed by atoms with Crippen molar-refractivity contribution in [3.63, 3.8) is 0 Å². The molecule has 1 nitrogen and oxygen atoms in total. The second-order valence-electron chi connectivity index (χ2n) is 3.75. The first-order valence-electron chi connectivity index (χ1n) is 4.61. The molecule has 0 aromatic rings. The Kier molecular flexibility index (Phi) is 3.13. The average Bonchev–Trinajstić information content (AvgIpc) is 1.98. The van der Waals surface area contributed by atoms with Crippen LogP contribution in [-0.4, -0.2) is 6.04 Å². The van der Waals surface area contributed by atoms with Crippen LogP contribution in [0, 0.1) is 0 Å². The van der Waals surface area contributed by atoms with E-state index in [0.29, 0.717) is 6.04 Å². The van der Waals surface area contributed by atoms with Crippen LogP contribution in [0.15, 0.2) is 11.1 Å². The largest absolute Gasteiger partial charge is 0.328 e. The molecule has 1 unspecified atom stereocenters. The lowest BCUT2D eigenvalue weighted by Crippen LogP contribution is -2.20. The Morgan fingerprint density at radius 2 is 1.73 bits per heavy atom. The highest BCUT2D eigenvalue weighted by Crippen LogP contribution is 2.21. The van der Waals surface area contributed by atoms with E-state index in [4.69, 9.17) is 5.73 Å². The molecule has 0 heterocycles. The normalized spacial score (nSPS) is 28.1. The molecule has 1 heteroatoms. The van der Waals surface area contributed by atoms with Crippen molar-refractivity contribution in [2.24, 2.45) is 5.73 Å². The fourth-order valence-corrected chi connectivity index (χ4v) is 1.60. The SMILES string of the molecule is CC1=C(C)CCC(N)CCC1. The van der Waals surface area contributed by atoms with Gasteiger partial charge in [0.05, 0.1) is 0 Å². The average molecular weight is 153 g/mol. The first kappa shape index (κ1) is 8.79. The van der Waals surface area contributed by atoms with Crippen LogP contribution in [0.5, 0.6) is 0 Å². The molecule has 0 saturated heterocycles. The van der Waals surface area contributed by atoms with Gasteiger partial charge in [0.2, 0.25) is 0 Å². The van der Waals surface area contributed by atoms with Crippen LogP contribution in [0.2, 0.25) is 0 Å². The fraction of sp³-hybridized carbons (Fsp3) is 0.800. The summed E-state index contributed by atoms with van der Waals surface area (Å²) < 4.78 is 0. The van der Waals surface area contributed by atoms with Gasteiger partial charge >= 0.3 is 0 Å². The second-order valence-corrected chi connectivity index (χ2v) is 3.75. The third-order valence-electron chi connectivity index (χ3n) is 2.75. The molecule has 1 aliphatic carbocycles. The monoisotopic (exact) mass is 153 g/mol. The van der Waals surface area contributed by atoms with E-state index in [-0.39, 0.29) is 0 Å². The van der Waals surface area contributed by atoms with Crippen molar-refractivity contribution in [2.45, 2.75) is 52.0 Å². The standard InChI is InChI=1S/C10H19N/c1-8-4-3-5-10(11)7-6-9(8)2/h10H,3-7,11H2,1-2H3. The summed E-state index contributed by atoms with van der Waals surface area (Å²) in [7, 11) is 0. The molecule has 0 bridgehead atoms. The number of hydrogen-bond acceptors (Lipinski definition) is 1. The van der Waals surface area contributed by atoms with Crippen LogP contribution in [0.25, 0.3) is 0 Å². The lowest BCUT2D eigenvalue weighted by Gasteiger charge is -2.17. The molecule has 64 valence electrons. The molecular formula is C10H19N. The predicted octanol–water partition coefficient (Wildman–Crippen LogP) is 2.61. The van der Waals surface area contributed by atoms with Gasteiger partial charge in [0.25, 0.3) is 0 Å². The number of hydrogen-bond donors (Lipinski definition) is 1. The van der Waals surface area contributed by atoms with Gasteiger partial charge in [-0.05, 0) is 46.0 Å². The summed E-state index contributed by atoms with van der Waals surface area (Å²) in [5.74, 6) is 0. The van der Waals surface area contributed by atoms with Crippen LogP contribution in [0.4, 0.5) is 0 Å². The van der Waals surface area contributed by atoms with Gasteiger partial charge in [0.1, 0.15) is 0 Å². The van der Waals surface area contributed by atoms with Crippen molar-refractivity contribution in [3.8, 4) is 0 Å². The topological polar surface area (TPSA) is 26.0 Å². The highest BCUT2D eigenvalue weighted by Gasteiger charge is 2.08.